The lowest BCUT2D eigenvalue weighted by molar-refractivity contribution is -0.142. The summed E-state index contributed by atoms with van der Waals surface area (Å²) < 4.78 is 16.7. The highest BCUT2D eigenvalue weighted by Gasteiger charge is 2.50. The number of thioether (sulfide) groups is 1. The molecule has 2 rings (SSSR count). The van der Waals surface area contributed by atoms with E-state index in [0.717, 1.165) is 5.56 Å². The van der Waals surface area contributed by atoms with Gasteiger partial charge in [0.25, 0.3) is 0 Å². The number of nitrogens with zero attached hydrogens (tertiary/aromatic N) is 1. The Kier molecular flexibility index (Phi) is 10.7. The van der Waals surface area contributed by atoms with Crippen LogP contribution in [0.15, 0.2) is 42.5 Å². The first kappa shape index (κ1) is 33.1. The van der Waals surface area contributed by atoms with Gasteiger partial charge in [-0.1, -0.05) is 57.2 Å². The molecule has 218 valence electrons. The number of esters is 1. The summed E-state index contributed by atoms with van der Waals surface area (Å²) in [5.41, 5.74) is 0.326. The Hall–Kier alpha value is -2.10. The number of amides is 1. The van der Waals surface area contributed by atoms with Crippen molar-refractivity contribution in [3.05, 3.63) is 48.0 Å². The molecule has 1 aromatic rings. The topological polar surface area (TPSA) is 82.1 Å². The molecule has 1 unspecified atom stereocenters. The predicted octanol–water partition coefficient (Wildman–Crippen LogP) is 7.29. The van der Waals surface area contributed by atoms with Crippen LogP contribution in [0.1, 0.15) is 79.2 Å². The van der Waals surface area contributed by atoms with Crippen molar-refractivity contribution in [1.29, 1.82) is 0 Å². The summed E-state index contributed by atoms with van der Waals surface area (Å²) in [7, 11) is -0.903. The first-order valence-electron chi connectivity index (χ1n) is 13.5. The molecule has 1 aromatic carbocycles. The number of ketones is 1. The highest BCUT2D eigenvalue weighted by atomic mass is 32.2. The molecule has 1 heterocycles. The maximum atomic E-state index is 13.5. The summed E-state index contributed by atoms with van der Waals surface area (Å²) in [5, 5.41) is -0.346. The molecule has 0 bridgehead atoms. The minimum Gasteiger partial charge on any atom is -0.469 e. The van der Waals surface area contributed by atoms with Crippen molar-refractivity contribution >= 4 is 37.9 Å². The zero-order valence-electron chi connectivity index (χ0n) is 25.5. The van der Waals surface area contributed by atoms with E-state index in [4.69, 9.17) is 13.9 Å². The van der Waals surface area contributed by atoms with Gasteiger partial charge in [-0.15, -0.1) is 11.8 Å². The monoisotopic (exact) mass is 577 g/mol. The summed E-state index contributed by atoms with van der Waals surface area (Å²) in [4.78, 5) is 40.6. The highest BCUT2D eigenvalue weighted by Crippen LogP contribution is 2.53. The Morgan fingerprint density at radius 2 is 1.64 bits per heavy atom. The number of hydrogen-bond acceptors (Lipinski definition) is 7. The molecule has 0 aromatic heterocycles. The third-order valence-electron chi connectivity index (χ3n) is 7.15. The van der Waals surface area contributed by atoms with Crippen LogP contribution < -0.4 is 0 Å². The average molecular weight is 578 g/mol. The maximum Gasteiger partial charge on any atom is 0.412 e. The second-order valence-electron chi connectivity index (χ2n) is 13.1. The van der Waals surface area contributed by atoms with Crippen molar-refractivity contribution < 1.29 is 28.3 Å². The van der Waals surface area contributed by atoms with Crippen LogP contribution in [-0.4, -0.2) is 60.7 Å². The van der Waals surface area contributed by atoms with E-state index in [1.807, 2.05) is 51.1 Å². The number of rotatable bonds is 9. The number of methoxy groups -OCH3 is 1. The van der Waals surface area contributed by atoms with Gasteiger partial charge in [0.15, 0.2) is 14.1 Å². The lowest BCUT2D eigenvalue weighted by Gasteiger charge is -2.39. The van der Waals surface area contributed by atoms with E-state index in [9.17, 15) is 14.4 Å². The van der Waals surface area contributed by atoms with Crippen molar-refractivity contribution in [2.45, 2.75) is 114 Å². The molecule has 1 aliphatic heterocycles. The zero-order valence-corrected chi connectivity index (χ0v) is 27.3. The Balaban J connectivity index is 2.34. The number of ether oxygens (including phenoxy) is 2. The molecule has 1 saturated heterocycles. The van der Waals surface area contributed by atoms with Crippen LogP contribution in [0, 0.1) is 0 Å². The fraction of sp³-hybridized carbons (Fsp3) is 0.633. The second kappa shape index (κ2) is 12.6. The lowest BCUT2D eigenvalue weighted by Crippen LogP contribution is -2.45. The average Bonchev–Trinajstić information content (AvgIpc) is 3.06. The molecule has 0 saturated carbocycles. The molecule has 0 radical (unpaired) electrons. The van der Waals surface area contributed by atoms with Gasteiger partial charge in [0.1, 0.15) is 11.0 Å². The molecule has 7 nitrogen and oxygen atoms in total. The fourth-order valence-electron chi connectivity index (χ4n) is 4.10. The van der Waals surface area contributed by atoms with E-state index >= 15 is 0 Å². The summed E-state index contributed by atoms with van der Waals surface area (Å²) in [6.07, 6.45) is 2.36. The first-order valence-corrected chi connectivity index (χ1v) is 17.3. The van der Waals surface area contributed by atoms with Crippen molar-refractivity contribution in [2.75, 3.05) is 7.11 Å². The molecule has 1 amide bonds. The van der Waals surface area contributed by atoms with E-state index in [-0.39, 0.29) is 29.0 Å². The van der Waals surface area contributed by atoms with E-state index in [0.29, 0.717) is 0 Å². The van der Waals surface area contributed by atoms with E-state index in [1.54, 1.807) is 22.7 Å². The van der Waals surface area contributed by atoms with Crippen LogP contribution in [0.2, 0.25) is 18.1 Å². The molecule has 1 fully saturated rings. The summed E-state index contributed by atoms with van der Waals surface area (Å²) in [6.45, 7) is 20.2. The third-order valence-corrected chi connectivity index (χ3v) is 13.3. The lowest BCUT2D eigenvalue weighted by atomic mass is 9.99. The van der Waals surface area contributed by atoms with Gasteiger partial charge < -0.3 is 13.9 Å². The van der Waals surface area contributed by atoms with Gasteiger partial charge in [-0.3, -0.25) is 14.5 Å². The molecule has 9 heteroatoms. The minimum absolute atomic E-state index is 0.00742. The van der Waals surface area contributed by atoms with Gasteiger partial charge in [0.05, 0.1) is 25.7 Å². The second-order valence-corrected chi connectivity index (χ2v) is 19.6. The quantitative estimate of drug-likeness (QED) is 0.173. The number of carbonyl (C=O) groups excluding carboxylic acids is 3. The number of hydrogen-bond donors (Lipinski definition) is 0. The molecule has 0 aliphatic carbocycles. The van der Waals surface area contributed by atoms with E-state index in [1.165, 1.54) is 13.2 Å². The van der Waals surface area contributed by atoms with Crippen LogP contribution in [0.3, 0.4) is 0 Å². The van der Waals surface area contributed by atoms with Crippen LogP contribution in [0.25, 0.3) is 0 Å². The molecule has 1 aliphatic rings. The first-order chi connectivity index (χ1) is 17.8. The normalized spacial score (nSPS) is 20.6. The molecule has 39 heavy (non-hydrogen) atoms. The third kappa shape index (κ3) is 9.22. The van der Waals surface area contributed by atoms with Crippen LogP contribution in [-0.2, 0) is 23.5 Å². The highest BCUT2D eigenvalue weighted by molar-refractivity contribution is 8.01. The molecular weight excluding hydrogens is 530 g/mol. The van der Waals surface area contributed by atoms with Gasteiger partial charge in [-0.05, 0) is 64.4 Å². The van der Waals surface area contributed by atoms with Crippen molar-refractivity contribution in [1.82, 2.24) is 4.90 Å². The summed E-state index contributed by atoms with van der Waals surface area (Å²) >= 11 is 1.66. The van der Waals surface area contributed by atoms with E-state index < -0.39 is 42.9 Å². The van der Waals surface area contributed by atoms with Gasteiger partial charge in [-0.2, -0.15) is 0 Å². The molecule has 0 spiro atoms. The zero-order chi connectivity index (χ0) is 29.8. The smallest absolute Gasteiger partial charge is 0.412 e. The summed E-state index contributed by atoms with van der Waals surface area (Å²) in [6, 6.07) is 9.44. The van der Waals surface area contributed by atoms with Crippen LogP contribution in [0.5, 0.6) is 0 Å². The summed E-state index contributed by atoms with van der Waals surface area (Å²) in [5.74, 6) is -0.582. The standard InChI is InChI=1S/C30H47NO6SSi/c1-28(2,3)36-27(34)31-24(30(7,8)38-26(31)21-15-13-12-14-16-21)18-17-22(32)19-23(20-25(33)35-9)37-39(10,11)29(4,5)6/h12-18,23-24,26H,19-20H2,1-11H3/t23-,24-,26?/m0/s1. The van der Waals surface area contributed by atoms with Gasteiger partial charge in [-0.25, -0.2) is 4.79 Å². The largest absolute Gasteiger partial charge is 0.469 e. The predicted molar refractivity (Wildman–Crippen MR) is 160 cm³/mol. The van der Waals surface area contributed by atoms with Gasteiger partial charge >= 0.3 is 12.1 Å². The van der Waals surface area contributed by atoms with E-state index in [2.05, 4.69) is 47.7 Å². The Labute approximate surface area is 240 Å². The molecule has 3 atom stereocenters. The van der Waals surface area contributed by atoms with Gasteiger partial charge in [0.2, 0.25) is 0 Å². The Morgan fingerprint density at radius 1 is 1.05 bits per heavy atom. The van der Waals surface area contributed by atoms with Crippen molar-refractivity contribution in [2.24, 2.45) is 0 Å². The van der Waals surface area contributed by atoms with Crippen molar-refractivity contribution in [3.8, 4) is 0 Å². The maximum absolute atomic E-state index is 13.5. The molecule has 0 N–H and O–H groups in total. The number of carbonyl (C=O) groups is 3. The van der Waals surface area contributed by atoms with Crippen LogP contribution in [0.4, 0.5) is 4.79 Å². The Bertz CT molecular complexity index is 1040. The van der Waals surface area contributed by atoms with Gasteiger partial charge in [0, 0.05) is 11.2 Å². The number of allylic oxidation sites excluding steroid dienone is 1. The van der Waals surface area contributed by atoms with Crippen molar-refractivity contribution in [3.63, 3.8) is 0 Å². The fourth-order valence-corrected chi connectivity index (χ4v) is 6.98. The number of benzene rings is 1. The van der Waals surface area contributed by atoms with Crippen LogP contribution >= 0.6 is 11.8 Å². The molecular formula is C30H47NO6SSi. The SMILES string of the molecule is COC(=O)C[C@H](CC(=O)C=C[C@@H]1N(C(=O)OC(C)(C)C)C(c2ccccc2)SC1(C)C)O[Si](C)(C)C(C)(C)C. The minimum atomic E-state index is -2.24. The Morgan fingerprint density at radius 3 is 2.15 bits per heavy atom.